The predicted molar refractivity (Wildman–Crippen MR) is 95.3 cm³/mol. The fourth-order valence-corrected chi connectivity index (χ4v) is 3.21. The minimum Gasteiger partial charge on any atom is -0.373 e. The van der Waals surface area contributed by atoms with Gasteiger partial charge >= 0.3 is 0 Å². The van der Waals surface area contributed by atoms with Crippen LogP contribution in [0.15, 0.2) is 24.4 Å². The molecule has 8 heteroatoms. The van der Waals surface area contributed by atoms with E-state index in [0.29, 0.717) is 25.5 Å². The maximum absolute atomic E-state index is 5.80. The summed E-state index contributed by atoms with van der Waals surface area (Å²) in [6.45, 7) is 4.57. The third-order valence-corrected chi connectivity index (χ3v) is 4.43. The number of pyridine rings is 1. The molecule has 0 amide bonds. The molecule has 130 valence electrons. The molecule has 0 saturated carbocycles. The lowest BCUT2D eigenvalue weighted by molar-refractivity contribution is 0.0464. The minimum absolute atomic E-state index is 0.00837. The Morgan fingerprint density at radius 3 is 2.96 bits per heavy atom. The summed E-state index contributed by atoms with van der Waals surface area (Å²) in [7, 11) is 1.90. The highest BCUT2D eigenvalue weighted by molar-refractivity contribution is 5.91. The van der Waals surface area contributed by atoms with Crippen LogP contribution in [0.4, 0.5) is 5.82 Å². The zero-order valence-corrected chi connectivity index (χ0v) is 14.4. The van der Waals surface area contributed by atoms with E-state index in [-0.39, 0.29) is 6.10 Å². The summed E-state index contributed by atoms with van der Waals surface area (Å²) in [5, 5.41) is 5.50. The van der Waals surface area contributed by atoms with E-state index in [2.05, 4.69) is 15.0 Å². The molecule has 1 aliphatic rings. The van der Waals surface area contributed by atoms with Crippen molar-refractivity contribution in [2.24, 2.45) is 12.8 Å². The SMILES string of the molecule is Cc1nn(C)c2nc(-c3ccccn3)nc(N3CCOC(CN)C3)c12. The van der Waals surface area contributed by atoms with Gasteiger partial charge in [0, 0.05) is 32.9 Å². The van der Waals surface area contributed by atoms with Gasteiger partial charge in [-0.05, 0) is 19.1 Å². The van der Waals surface area contributed by atoms with E-state index in [9.17, 15) is 0 Å². The maximum atomic E-state index is 5.80. The topological polar surface area (TPSA) is 95.0 Å². The Morgan fingerprint density at radius 1 is 1.32 bits per heavy atom. The molecular weight excluding hydrogens is 318 g/mol. The second-order valence-corrected chi connectivity index (χ2v) is 6.17. The van der Waals surface area contributed by atoms with Crippen LogP contribution in [0.3, 0.4) is 0 Å². The number of rotatable bonds is 3. The first-order chi connectivity index (χ1) is 12.2. The van der Waals surface area contributed by atoms with Crippen LogP contribution in [-0.2, 0) is 11.8 Å². The molecule has 3 aromatic heterocycles. The van der Waals surface area contributed by atoms with E-state index < -0.39 is 0 Å². The van der Waals surface area contributed by atoms with Gasteiger partial charge in [0.25, 0.3) is 0 Å². The van der Waals surface area contributed by atoms with Gasteiger partial charge < -0.3 is 15.4 Å². The Kier molecular flexibility index (Phi) is 4.06. The average Bonchev–Trinajstić information content (AvgIpc) is 2.96. The Balaban J connectivity index is 1.89. The molecule has 1 saturated heterocycles. The van der Waals surface area contributed by atoms with Crippen molar-refractivity contribution in [3.63, 3.8) is 0 Å². The van der Waals surface area contributed by atoms with Crippen LogP contribution in [-0.4, -0.2) is 57.1 Å². The van der Waals surface area contributed by atoms with E-state index in [4.69, 9.17) is 20.4 Å². The zero-order chi connectivity index (χ0) is 17.4. The molecule has 4 heterocycles. The molecule has 1 atom stereocenters. The highest BCUT2D eigenvalue weighted by Gasteiger charge is 2.25. The van der Waals surface area contributed by atoms with Gasteiger partial charge in [0.15, 0.2) is 11.5 Å². The lowest BCUT2D eigenvalue weighted by atomic mass is 10.2. The quantitative estimate of drug-likeness (QED) is 0.757. The second-order valence-electron chi connectivity index (χ2n) is 6.17. The van der Waals surface area contributed by atoms with Crippen molar-refractivity contribution in [1.82, 2.24) is 24.7 Å². The van der Waals surface area contributed by atoms with E-state index in [1.807, 2.05) is 32.2 Å². The van der Waals surface area contributed by atoms with Crippen molar-refractivity contribution < 1.29 is 4.74 Å². The number of ether oxygens (including phenoxy) is 1. The highest BCUT2D eigenvalue weighted by atomic mass is 16.5. The third kappa shape index (κ3) is 2.83. The minimum atomic E-state index is 0.00837. The molecule has 25 heavy (non-hydrogen) atoms. The standard InChI is InChI=1S/C17H21N7O/c1-11-14-16(23(2)22-11)20-15(13-5-3-4-6-19-13)21-17(14)24-7-8-25-12(9-18)10-24/h3-6,12H,7-10,18H2,1-2H3. The summed E-state index contributed by atoms with van der Waals surface area (Å²) in [5.41, 5.74) is 8.26. The molecule has 3 aromatic rings. The van der Waals surface area contributed by atoms with Gasteiger partial charge in [-0.3, -0.25) is 9.67 Å². The van der Waals surface area contributed by atoms with Crippen molar-refractivity contribution in [1.29, 1.82) is 0 Å². The van der Waals surface area contributed by atoms with Crippen molar-refractivity contribution in [2.75, 3.05) is 31.1 Å². The van der Waals surface area contributed by atoms with Gasteiger partial charge in [0.05, 0.1) is 23.8 Å². The van der Waals surface area contributed by atoms with Crippen molar-refractivity contribution >= 4 is 16.9 Å². The third-order valence-electron chi connectivity index (χ3n) is 4.43. The Morgan fingerprint density at radius 2 is 2.20 bits per heavy atom. The number of nitrogens with zero attached hydrogens (tertiary/aromatic N) is 6. The van der Waals surface area contributed by atoms with Crippen LogP contribution in [0, 0.1) is 6.92 Å². The predicted octanol–water partition coefficient (Wildman–Crippen LogP) is 0.898. The van der Waals surface area contributed by atoms with Gasteiger partial charge in [-0.1, -0.05) is 6.07 Å². The Hall–Kier alpha value is -2.58. The fraction of sp³-hybridized carbons (Fsp3) is 0.412. The number of aromatic nitrogens is 5. The average molecular weight is 339 g/mol. The first-order valence-corrected chi connectivity index (χ1v) is 8.36. The van der Waals surface area contributed by atoms with Crippen LogP contribution in [0.25, 0.3) is 22.6 Å². The van der Waals surface area contributed by atoms with Crippen molar-refractivity contribution in [3.8, 4) is 11.5 Å². The summed E-state index contributed by atoms with van der Waals surface area (Å²) in [5.74, 6) is 1.47. The summed E-state index contributed by atoms with van der Waals surface area (Å²) < 4.78 is 7.49. The lowest BCUT2D eigenvalue weighted by Gasteiger charge is -2.33. The van der Waals surface area contributed by atoms with Gasteiger partial charge in [-0.15, -0.1) is 0 Å². The molecular formula is C17H21N7O. The van der Waals surface area contributed by atoms with Crippen molar-refractivity contribution in [3.05, 3.63) is 30.1 Å². The summed E-state index contributed by atoms with van der Waals surface area (Å²) >= 11 is 0. The number of nitrogens with two attached hydrogens (primary N) is 1. The molecule has 4 rings (SSSR count). The monoisotopic (exact) mass is 339 g/mol. The van der Waals surface area contributed by atoms with Crippen LogP contribution in [0.2, 0.25) is 0 Å². The largest absolute Gasteiger partial charge is 0.373 e. The molecule has 0 aliphatic carbocycles. The zero-order valence-electron chi connectivity index (χ0n) is 14.4. The van der Waals surface area contributed by atoms with E-state index in [1.54, 1.807) is 10.9 Å². The van der Waals surface area contributed by atoms with Gasteiger partial charge in [-0.2, -0.15) is 5.10 Å². The van der Waals surface area contributed by atoms with Gasteiger partial charge in [0.2, 0.25) is 0 Å². The molecule has 0 radical (unpaired) electrons. The summed E-state index contributed by atoms with van der Waals surface area (Å²) in [6, 6.07) is 5.73. The number of hydrogen-bond acceptors (Lipinski definition) is 7. The molecule has 0 spiro atoms. The van der Waals surface area contributed by atoms with Crippen LogP contribution >= 0.6 is 0 Å². The van der Waals surface area contributed by atoms with E-state index in [0.717, 1.165) is 34.8 Å². The summed E-state index contributed by atoms with van der Waals surface area (Å²) in [4.78, 5) is 16.2. The van der Waals surface area contributed by atoms with E-state index in [1.165, 1.54) is 0 Å². The van der Waals surface area contributed by atoms with Crippen LogP contribution in [0.1, 0.15) is 5.69 Å². The number of fused-ring (bicyclic) bond motifs is 1. The first kappa shape index (κ1) is 15.9. The number of aryl methyl sites for hydroxylation is 2. The second kappa shape index (κ2) is 6.38. The molecule has 2 N–H and O–H groups in total. The lowest BCUT2D eigenvalue weighted by Crippen LogP contribution is -2.46. The molecule has 1 fully saturated rings. The van der Waals surface area contributed by atoms with Gasteiger partial charge in [-0.25, -0.2) is 9.97 Å². The Labute approximate surface area is 145 Å². The molecule has 1 unspecified atom stereocenters. The van der Waals surface area contributed by atoms with Crippen LogP contribution < -0.4 is 10.6 Å². The number of anilines is 1. The molecule has 8 nitrogen and oxygen atoms in total. The highest BCUT2D eigenvalue weighted by Crippen LogP contribution is 2.30. The maximum Gasteiger partial charge on any atom is 0.182 e. The fourth-order valence-electron chi connectivity index (χ4n) is 3.21. The molecule has 0 bridgehead atoms. The molecule has 1 aliphatic heterocycles. The first-order valence-electron chi connectivity index (χ1n) is 8.36. The van der Waals surface area contributed by atoms with Crippen molar-refractivity contribution in [2.45, 2.75) is 13.0 Å². The summed E-state index contributed by atoms with van der Waals surface area (Å²) in [6.07, 6.45) is 1.75. The normalized spacial score (nSPS) is 18.0. The number of morpholine rings is 1. The van der Waals surface area contributed by atoms with Gasteiger partial charge in [0.1, 0.15) is 11.5 Å². The Bertz CT molecular complexity index is 893. The van der Waals surface area contributed by atoms with Crippen LogP contribution in [0.5, 0.6) is 0 Å². The smallest absolute Gasteiger partial charge is 0.182 e. The molecule has 0 aromatic carbocycles. The number of hydrogen-bond donors (Lipinski definition) is 1. The van der Waals surface area contributed by atoms with E-state index >= 15 is 0 Å².